The highest BCUT2D eigenvalue weighted by Crippen LogP contribution is 2.40. The minimum atomic E-state index is -0.727. The van der Waals surface area contributed by atoms with Crippen molar-refractivity contribution < 1.29 is 18.7 Å². The second kappa shape index (κ2) is 13.1. The van der Waals surface area contributed by atoms with E-state index in [1.165, 1.54) is 0 Å². The van der Waals surface area contributed by atoms with Crippen LogP contribution < -0.4 is 14.9 Å². The Kier molecular flexibility index (Phi) is 9.49. The molecule has 1 heterocycles. The Morgan fingerprint density at radius 1 is 1.02 bits per heavy atom. The van der Waals surface area contributed by atoms with Crippen molar-refractivity contribution in [2.75, 3.05) is 34.4 Å². The number of carbonyl (C=O) groups excluding carboxylic acids is 1. The minimum absolute atomic E-state index is 0.0494. The maximum absolute atomic E-state index is 13.5. The molecule has 4 rings (SSSR count). The fraction of sp³-hybridized carbons (Fsp3) is 0.343. The molecule has 3 aromatic carbocycles. The second-order valence-electron chi connectivity index (χ2n) is 11.0. The zero-order valence-electron chi connectivity index (χ0n) is 25.2. The van der Waals surface area contributed by atoms with Gasteiger partial charge in [-0.3, -0.25) is 14.5 Å². The van der Waals surface area contributed by atoms with Gasteiger partial charge in [0.05, 0.1) is 43.2 Å². The SMILES string of the molecule is COc1ccc(C(C#N)(CCCN(C)CC(=O)c2cccc3c(=O)c(C)c(-c4ccccc4)oc23)C(C)C)cc1OC. The monoisotopic (exact) mass is 566 g/mol. The summed E-state index contributed by atoms with van der Waals surface area (Å²) in [5, 5.41) is 10.8. The summed E-state index contributed by atoms with van der Waals surface area (Å²) in [6.45, 7) is 6.60. The number of carbonyl (C=O) groups is 1. The Morgan fingerprint density at radius 2 is 1.74 bits per heavy atom. The molecule has 0 aliphatic heterocycles. The van der Waals surface area contributed by atoms with E-state index in [1.807, 2.05) is 74.3 Å². The summed E-state index contributed by atoms with van der Waals surface area (Å²) in [5.74, 6) is 1.59. The number of likely N-dealkylation sites (N-methyl/N-ethyl adjacent to an activating group) is 1. The van der Waals surface area contributed by atoms with E-state index < -0.39 is 5.41 Å². The molecule has 1 atom stereocenters. The van der Waals surface area contributed by atoms with Crippen molar-refractivity contribution in [3.05, 3.63) is 93.6 Å². The van der Waals surface area contributed by atoms with E-state index in [-0.39, 0.29) is 23.7 Å². The standard InChI is InChI=1S/C35H38N2O5/c1-23(2)35(22-36,26-16-17-30(40-5)31(20-26)41-6)18-11-19-37(4)21-29(38)27-14-10-15-28-32(39)24(3)33(42-34(27)28)25-12-8-7-9-13-25/h7-10,12-17,20,23H,11,18-19,21H2,1-6H3. The van der Waals surface area contributed by atoms with E-state index in [0.29, 0.717) is 58.7 Å². The molecule has 7 nitrogen and oxygen atoms in total. The van der Waals surface area contributed by atoms with E-state index in [4.69, 9.17) is 13.9 Å². The molecular weight excluding hydrogens is 528 g/mol. The lowest BCUT2D eigenvalue weighted by Gasteiger charge is -2.32. The van der Waals surface area contributed by atoms with E-state index in [0.717, 1.165) is 11.1 Å². The molecule has 0 fully saturated rings. The van der Waals surface area contributed by atoms with E-state index >= 15 is 0 Å². The van der Waals surface area contributed by atoms with Crippen LogP contribution in [0, 0.1) is 24.2 Å². The number of rotatable bonds is 12. The minimum Gasteiger partial charge on any atom is -0.493 e. The first-order valence-electron chi connectivity index (χ1n) is 14.1. The molecule has 0 bridgehead atoms. The van der Waals surface area contributed by atoms with Crippen LogP contribution >= 0.6 is 0 Å². The predicted molar refractivity (Wildman–Crippen MR) is 165 cm³/mol. The van der Waals surface area contributed by atoms with Crippen LogP contribution in [0.25, 0.3) is 22.3 Å². The van der Waals surface area contributed by atoms with Gasteiger partial charge in [-0.05, 0) is 69.1 Å². The van der Waals surface area contributed by atoms with Crippen LogP contribution in [0.15, 0.2) is 75.9 Å². The molecule has 0 spiro atoms. The van der Waals surface area contributed by atoms with Gasteiger partial charge >= 0.3 is 0 Å². The van der Waals surface area contributed by atoms with Crippen LogP contribution in [0.2, 0.25) is 0 Å². The van der Waals surface area contributed by atoms with Gasteiger partial charge in [-0.15, -0.1) is 0 Å². The zero-order chi connectivity index (χ0) is 30.4. The van der Waals surface area contributed by atoms with Crippen LogP contribution in [0.3, 0.4) is 0 Å². The third kappa shape index (κ3) is 5.95. The molecule has 1 aromatic heterocycles. The molecule has 0 N–H and O–H groups in total. The maximum Gasteiger partial charge on any atom is 0.196 e. The number of Topliss-reactive ketones (excluding diaryl/α,β-unsaturated/α-hetero) is 1. The summed E-state index contributed by atoms with van der Waals surface area (Å²) in [6.07, 6.45) is 1.31. The number of hydrogen-bond acceptors (Lipinski definition) is 7. The van der Waals surface area contributed by atoms with Crippen molar-refractivity contribution in [3.63, 3.8) is 0 Å². The topological polar surface area (TPSA) is 92.8 Å². The lowest BCUT2D eigenvalue weighted by atomic mass is 9.69. The number of para-hydroxylation sites is 1. The Hall–Kier alpha value is -4.41. The van der Waals surface area contributed by atoms with E-state index in [2.05, 4.69) is 6.07 Å². The van der Waals surface area contributed by atoms with Crippen molar-refractivity contribution in [3.8, 4) is 28.9 Å². The summed E-state index contributed by atoms with van der Waals surface area (Å²) < 4.78 is 17.1. The Bertz CT molecular complexity index is 1670. The summed E-state index contributed by atoms with van der Waals surface area (Å²) in [4.78, 5) is 28.7. The van der Waals surface area contributed by atoms with Gasteiger partial charge in [0.2, 0.25) is 0 Å². The number of methoxy groups -OCH3 is 2. The third-order valence-electron chi connectivity index (χ3n) is 8.09. The van der Waals surface area contributed by atoms with Crippen LogP contribution in [0.5, 0.6) is 11.5 Å². The Labute approximate surface area is 247 Å². The van der Waals surface area contributed by atoms with Crippen LogP contribution in [-0.4, -0.2) is 45.0 Å². The quantitative estimate of drug-likeness (QED) is 0.174. The number of ether oxygens (including phenoxy) is 2. The van der Waals surface area contributed by atoms with Gasteiger partial charge in [0.25, 0.3) is 0 Å². The average Bonchev–Trinajstić information content (AvgIpc) is 3.00. The lowest BCUT2D eigenvalue weighted by molar-refractivity contribution is 0.0945. The smallest absolute Gasteiger partial charge is 0.196 e. The molecule has 42 heavy (non-hydrogen) atoms. The lowest BCUT2D eigenvalue weighted by Crippen LogP contribution is -2.33. The van der Waals surface area contributed by atoms with Crippen molar-refractivity contribution in [2.24, 2.45) is 5.92 Å². The maximum atomic E-state index is 13.5. The average molecular weight is 567 g/mol. The highest BCUT2D eigenvalue weighted by atomic mass is 16.5. The predicted octanol–water partition coefficient (Wildman–Crippen LogP) is 6.80. The molecular formula is C35H38N2O5. The van der Waals surface area contributed by atoms with Gasteiger partial charge in [0.15, 0.2) is 22.7 Å². The first-order valence-corrected chi connectivity index (χ1v) is 14.1. The van der Waals surface area contributed by atoms with Gasteiger partial charge < -0.3 is 13.9 Å². The van der Waals surface area contributed by atoms with Gasteiger partial charge in [0.1, 0.15) is 11.3 Å². The largest absolute Gasteiger partial charge is 0.493 e. The van der Waals surface area contributed by atoms with Crippen LogP contribution in [0.1, 0.15) is 48.2 Å². The molecule has 0 saturated carbocycles. The van der Waals surface area contributed by atoms with E-state index in [1.54, 1.807) is 39.3 Å². The zero-order valence-corrected chi connectivity index (χ0v) is 25.2. The second-order valence-corrected chi connectivity index (χ2v) is 11.0. The van der Waals surface area contributed by atoms with Crippen molar-refractivity contribution >= 4 is 16.8 Å². The Morgan fingerprint density at radius 3 is 2.38 bits per heavy atom. The fourth-order valence-electron chi connectivity index (χ4n) is 5.56. The molecule has 4 aromatic rings. The molecule has 218 valence electrons. The highest BCUT2D eigenvalue weighted by Gasteiger charge is 2.36. The molecule has 0 aliphatic carbocycles. The number of nitriles is 1. The van der Waals surface area contributed by atoms with Crippen LogP contribution in [0.4, 0.5) is 0 Å². The highest BCUT2D eigenvalue weighted by molar-refractivity contribution is 6.07. The summed E-state index contributed by atoms with van der Waals surface area (Å²) in [5.41, 5.74) is 2.00. The molecule has 1 unspecified atom stereocenters. The number of benzene rings is 3. The van der Waals surface area contributed by atoms with E-state index in [9.17, 15) is 14.9 Å². The van der Waals surface area contributed by atoms with Gasteiger partial charge in [-0.2, -0.15) is 5.26 Å². The molecule has 0 amide bonds. The number of hydrogen-bond donors (Lipinski definition) is 0. The first-order chi connectivity index (χ1) is 20.2. The first kappa shape index (κ1) is 30.5. The summed E-state index contributed by atoms with van der Waals surface area (Å²) >= 11 is 0. The van der Waals surface area contributed by atoms with Gasteiger partial charge in [-0.1, -0.05) is 56.3 Å². The third-order valence-corrected chi connectivity index (χ3v) is 8.09. The van der Waals surface area contributed by atoms with Gasteiger partial charge in [-0.25, -0.2) is 0 Å². The van der Waals surface area contributed by atoms with Crippen molar-refractivity contribution in [1.82, 2.24) is 4.90 Å². The number of fused-ring (bicyclic) bond motifs is 1. The van der Waals surface area contributed by atoms with Crippen molar-refractivity contribution in [2.45, 2.75) is 39.0 Å². The van der Waals surface area contributed by atoms with Crippen LogP contribution in [-0.2, 0) is 5.41 Å². The molecule has 0 radical (unpaired) electrons. The molecule has 0 saturated heterocycles. The normalized spacial score (nSPS) is 12.7. The van der Waals surface area contributed by atoms with Gasteiger partial charge in [0, 0.05) is 11.1 Å². The Balaban J connectivity index is 1.53. The summed E-state index contributed by atoms with van der Waals surface area (Å²) in [7, 11) is 5.06. The summed E-state index contributed by atoms with van der Waals surface area (Å²) in [6, 6.07) is 22.8. The van der Waals surface area contributed by atoms with Crippen molar-refractivity contribution in [1.29, 1.82) is 5.26 Å². The number of ketones is 1. The molecule has 7 heteroatoms. The number of nitrogens with zero attached hydrogens (tertiary/aromatic N) is 2. The molecule has 0 aliphatic rings. The fourth-order valence-corrected chi connectivity index (χ4v) is 5.56.